The monoisotopic (exact) mass is 403 g/mol. The number of hydrogen-bond donors (Lipinski definition) is 2. The first-order valence-corrected chi connectivity index (χ1v) is 8.80. The average molecular weight is 405 g/mol. The van der Waals surface area contributed by atoms with Crippen molar-refractivity contribution in [1.29, 1.82) is 0 Å². The lowest BCUT2D eigenvalue weighted by atomic mass is 9.68. The summed E-state index contributed by atoms with van der Waals surface area (Å²) in [6.45, 7) is 7.71. The third kappa shape index (κ3) is 3.58. The molecule has 0 amide bonds. The van der Waals surface area contributed by atoms with Crippen LogP contribution in [0.3, 0.4) is 0 Å². The van der Waals surface area contributed by atoms with Crippen molar-refractivity contribution < 1.29 is 5.11 Å². The van der Waals surface area contributed by atoms with Crippen LogP contribution in [0.1, 0.15) is 45.6 Å². The standard InChI is InChI=1S/C16H23Br2NO/c1-10-5-4-6-16(2,3)15(10)19-9-11-7-12(17)8-13(18)14(11)20/h7-8,10,15,19-20H,4-6,9H2,1-3H3. The van der Waals surface area contributed by atoms with E-state index in [1.165, 1.54) is 19.3 Å². The van der Waals surface area contributed by atoms with Gasteiger partial charge in [-0.05, 0) is 52.2 Å². The summed E-state index contributed by atoms with van der Waals surface area (Å²) in [5.41, 5.74) is 1.25. The second-order valence-corrected chi connectivity index (χ2v) is 8.38. The number of halogens is 2. The Balaban J connectivity index is 2.11. The van der Waals surface area contributed by atoms with E-state index in [2.05, 4.69) is 57.9 Å². The zero-order valence-corrected chi connectivity index (χ0v) is 15.5. The Hall–Kier alpha value is -0.0600. The quantitative estimate of drug-likeness (QED) is 0.723. The summed E-state index contributed by atoms with van der Waals surface area (Å²) < 4.78 is 1.72. The number of aromatic hydroxyl groups is 1. The van der Waals surface area contributed by atoms with Gasteiger partial charge in [-0.15, -0.1) is 0 Å². The first-order valence-electron chi connectivity index (χ1n) is 7.21. The fraction of sp³-hybridized carbons (Fsp3) is 0.625. The molecule has 1 aliphatic rings. The first-order chi connectivity index (χ1) is 9.31. The van der Waals surface area contributed by atoms with E-state index < -0.39 is 0 Å². The molecule has 4 heteroatoms. The van der Waals surface area contributed by atoms with Gasteiger partial charge >= 0.3 is 0 Å². The molecule has 1 saturated carbocycles. The minimum atomic E-state index is 0.316. The van der Waals surface area contributed by atoms with Crippen LogP contribution >= 0.6 is 31.9 Å². The van der Waals surface area contributed by atoms with Crippen LogP contribution in [-0.2, 0) is 6.54 Å². The zero-order chi connectivity index (χ0) is 14.9. The van der Waals surface area contributed by atoms with Crippen LogP contribution in [-0.4, -0.2) is 11.1 Å². The van der Waals surface area contributed by atoms with Gasteiger partial charge in [-0.2, -0.15) is 0 Å². The molecule has 112 valence electrons. The maximum absolute atomic E-state index is 10.1. The summed E-state index contributed by atoms with van der Waals surface area (Å²) in [6.07, 6.45) is 3.87. The molecule has 1 aromatic rings. The van der Waals surface area contributed by atoms with E-state index in [0.717, 1.165) is 14.5 Å². The van der Waals surface area contributed by atoms with Gasteiger partial charge in [-0.3, -0.25) is 0 Å². The summed E-state index contributed by atoms with van der Waals surface area (Å²) in [4.78, 5) is 0. The van der Waals surface area contributed by atoms with E-state index in [-0.39, 0.29) is 0 Å². The molecule has 20 heavy (non-hydrogen) atoms. The maximum Gasteiger partial charge on any atom is 0.134 e. The lowest BCUT2D eigenvalue weighted by Gasteiger charge is -2.43. The molecule has 0 spiro atoms. The summed E-state index contributed by atoms with van der Waals surface area (Å²) in [6, 6.07) is 4.34. The van der Waals surface area contributed by atoms with Gasteiger partial charge < -0.3 is 10.4 Å². The second kappa shape index (κ2) is 6.37. The van der Waals surface area contributed by atoms with E-state index in [1.54, 1.807) is 0 Å². The molecular formula is C16H23Br2NO. The summed E-state index contributed by atoms with van der Waals surface area (Å²) in [5, 5.41) is 13.8. The van der Waals surface area contributed by atoms with Crippen molar-refractivity contribution >= 4 is 31.9 Å². The molecule has 2 atom stereocenters. The molecule has 1 aliphatic carbocycles. The van der Waals surface area contributed by atoms with Gasteiger partial charge in [-0.25, -0.2) is 0 Å². The van der Waals surface area contributed by atoms with Crippen LogP contribution in [0.2, 0.25) is 0 Å². The van der Waals surface area contributed by atoms with Gasteiger partial charge in [0.15, 0.2) is 0 Å². The number of phenolic OH excluding ortho intramolecular Hbond substituents is 1. The van der Waals surface area contributed by atoms with E-state index in [1.807, 2.05) is 12.1 Å². The molecule has 2 N–H and O–H groups in total. The van der Waals surface area contributed by atoms with Gasteiger partial charge in [0.1, 0.15) is 5.75 Å². The zero-order valence-electron chi connectivity index (χ0n) is 12.3. The Morgan fingerprint density at radius 2 is 2.05 bits per heavy atom. The Morgan fingerprint density at radius 1 is 1.35 bits per heavy atom. The van der Waals surface area contributed by atoms with Crippen molar-refractivity contribution in [3.63, 3.8) is 0 Å². The minimum Gasteiger partial charge on any atom is -0.506 e. The van der Waals surface area contributed by atoms with Gasteiger partial charge in [0.05, 0.1) is 4.47 Å². The van der Waals surface area contributed by atoms with E-state index in [9.17, 15) is 5.11 Å². The van der Waals surface area contributed by atoms with Crippen LogP contribution in [0.4, 0.5) is 0 Å². The molecule has 0 aliphatic heterocycles. The summed E-state index contributed by atoms with van der Waals surface area (Å²) in [7, 11) is 0. The Bertz CT molecular complexity index is 488. The van der Waals surface area contributed by atoms with Crippen LogP contribution in [0.5, 0.6) is 5.75 Å². The third-order valence-corrected chi connectivity index (χ3v) is 5.57. The highest BCUT2D eigenvalue weighted by molar-refractivity contribution is 9.11. The predicted octanol–water partition coefficient (Wildman–Crippen LogP) is 5.22. The van der Waals surface area contributed by atoms with Gasteiger partial charge in [-0.1, -0.05) is 43.1 Å². The van der Waals surface area contributed by atoms with Crippen LogP contribution in [0.15, 0.2) is 21.1 Å². The SMILES string of the molecule is CC1CCCC(C)(C)C1NCc1cc(Br)cc(Br)c1O. The highest BCUT2D eigenvalue weighted by atomic mass is 79.9. The normalized spacial score (nSPS) is 25.6. The fourth-order valence-electron chi connectivity index (χ4n) is 3.42. The van der Waals surface area contributed by atoms with Crippen molar-refractivity contribution in [2.24, 2.45) is 11.3 Å². The number of benzene rings is 1. The fourth-order valence-corrected chi connectivity index (χ4v) is 4.74. The Kier molecular flexibility index (Phi) is 5.19. The number of hydrogen-bond acceptors (Lipinski definition) is 2. The second-order valence-electron chi connectivity index (χ2n) is 6.61. The molecule has 2 nitrogen and oxygen atoms in total. The van der Waals surface area contributed by atoms with Crippen molar-refractivity contribution in [2.75, 3.05) is 0 Å². The van der Waals surface area contributed by atoms with E-state index in [0.29, 0.717) is 29.7 Å². The predicted molar refractivity (Wildman–Crippen MR) is 90.9 cm³/mol. The molecular weight excluding hydrogens is 382 g/mol. The highest BCUT2D eigenvalue weighted by Crippen LogP contribution is 2.39. The Morgan fingerprint density at radius 3 is 2.70 bits per heavy atom. The first kappa shape index (κ1) is 16.3. The van der Waals surface area contributed by atoms with Crippen molar-refractivity contribution in [2.45, 2.75) is 52.6 Å². The third-order valence-electron chi connectivity index (χ3n) is 4.51. The number of nitrogens with one attached hydrogen (secondary N) is 1. The largest absolute Gasteiger partial charge is 0.506 e. The lowest BCUT2D eigenvalue weighted by Crippen LogP contribution is -2.48. The van der Waals surface area contributed by atoms with Crippen LogP contribution < -0.4 is 5.32 Å². The average Bonchev–Trinajstić information content (AvgIpc) is 2.33. The number of phenols is 1. The Labute approximate surface area is 138 Å². The van der Waals surface area contributed by atoms with Gasteiger partial charge in [0.25, 0.3) is 0 Å². The summed E-state index contributed by atoms with van der Waals surface area (Å²) in [5.74, 6) is 1.01. The molecule has 2 rings (SSSR count). The molecule has 0 radical (unpaired) electrons. The summed E-state index contributed by atoms with van der Waals surface area (Å²) >= 11 is 6.87. The maximum atomic E-state index is 10.1. The van der Waals surface area contributed by atoms with Gasteiger partial charge in [0.2, 0.25) is 0 Å². The topological polar surface area (TPSA) is 32.3 Å². The van der Waals surface area contributed by atoms with Crippen molar-refractivity contribution in [3.05, 3.63) is 26.6 Å². The van der Waals surface area contributed by atoms with Gasteiger partial charge in [0, 0.05) is 22.6 Å². The molecule has 0 bridgehead atoms. The molecule has 0 aromatic heterocycles. The minimum absolute atomic E-state index is 0.316. The molecule has 1 aromatic carbocycles. The lowest BCUT2D eigenvalue weighted by molar-refractivity contribution is 0.116. The van der Waals surface area contributed by atoms with Crippen LogP contribution in [0.25, 0.3) is 0 Å². The molecule has 0 heterocycles. The highest BCUT2D eigenvalue weighted by Gasteiger charge is 2.36. The number of rotatable bonds is 3. The van der Waals surface area contributed by atoms with Crippen molar-refractivity contribution in [3.8, 4) is 5.75 Å². The molecule has 1 fully saturated rings. The van der Waals surface area contributed by atoms with Crippen LogP contribution in [0, 0.1) is 11.3 Å². The molecule has 2 unspecified atom stereocenters. The molecule has 0 saturated heterocycles. The smallest absolute Gasteiger partial charge is 0.134 e. The van der Waals surface area contributed by atoms with Crippen molar-refractivity contribution in [1.82, 2.24) is 5.32 Å². The van der Waals surface area contributed by atoms with E-state index >= 15 is 0 Å². The van der Waals surface area contributed by atoms with E-state index in [4.69, 9.17) is 0 Å².